The van der Waals surface area contributed by atoms with Crippen molar-refractivity contribution in [3.05, 3.63) is 35.4 Å². The molecule has 0 aliphatic rings. The molecule has 1 aromatic carbocycles. The molecular weight excluding hydrogens is 212 g/mol. The van der Waals surface area contributed by atoms with Gasteiger partial charge in [-0.15, -0.1) is 0 Å². The lowest BCUT2D eigenvalue weighted by Crippen LogP contribution is -2.30. The normalized spacial score (nSPS) is 14.0. The molecule has 0 amide bonds. The van der Waals surface area contributed by atoms with Gasteiger partial charge in [-0.25, -0.2) is 0 Å². The number of nitrogens with zero attached hydrogens (tertiary/aromatic N) is 1. The summed E-state index contributed by atoms with van der Waals surface area (Å²) in [6.07, 6.45) is 1.74. The summed E-state index contributed by atoms with van der Waals surface area (Å²) in [6, 6.07) is 9.55. The van der Waals surface area contributed by atoms with Crippen LogP contribution < -0.4 is 5.32 Å². The fourth-order valence-electron chi connectivity index (χ4n) is 1.75. The molecule has 3 heteroatoms. The Labute approximate surface area is 103 Å². The second-order valence-electron chi connectivity index (χ2n) is 4.35. The van der Waals surface area contributed by atoms with Gasteiger partial charge in [0.05, 0.1) is 17.7 Å². The summed E-state index contributed by atoms with van der Waals surface area (Å²) in [7, 11) is 0. The number of benzene rings is 1. The molecule has 2 unspecified atom stereocenters. The van der Waals surface area contributed by atoms with E-state index in [-0.39, 0.29) is 0 Å². The summed E-state index contributed by atoms with van der Waals surface area (Å²) in [6.45, 7) is 4.82. The highest BCUT2D eigenvalue weighted by atomic mass is 16.3. The maximum Gasteiger partial charge on any atom is 0.0991 e. The first-order chi connectivity index (χ1) is 8.17. The van der Waals surface area contributed by atoms with Crippen molar-refractivity contribution in [2.24, 2.45) is 0 Å². The summed E-state index contributed by atoms with van der Waals surface area (Å²) in [4.78, 5) is 0. The summed E-state index contributed by atoms with van der Waals surface area (Å²) >= 11 is 0. The molecule has 3 nitrogen and oxygen atoms in total. The van der Waals surface area contributed by atoms with Crippen molar-refractivity contribution < 1.29 is 5.11 Å². The van der Waals surface area contributed by atoms with Crippen LogP contribution in [0.4, 0.5) is 0 Å². The van der Waals surface area contributed by atoms with Gasteiger partial charge in [0.15, 0.2) is 0 Å². The van der Waals surface area contributed by atoms with Crippen LogP contribution >= 0.6 is 0 Å². The van der Waals surface area contributed by atoms with Crippen molar-refractivity contribution in [3.8, 4) is 6.07 Å². The lowest BCUT2D eigenvalue weighted by atomic mass is 10.1. The topological polar surface area (TPSA) is 56.0 Å². The van der Waals surface area contributed by atoms with Gasteiger partial charge in [-0.3, -0.25) is 0 Å². The largest absolute Gasteiger partial charge is 0.387 e. The Bertz CT molecular complexity index is 367. The molecule has 2 N–H and O–H groups in total. The first-order valence-electron chi connectivity index (χ1n) is 6.09. The van der Waals surface area contributed by atoms with E-state index in [0.717, 1.165) is 18.4 Å². The number of hydrogen-bond donors (Lipinski definition) is 2. The van der Waals surface area contributed by atoms with Crippen LogP contribution in [0.1, 0.15) is 43.9 Å². The molecule has 0 bridgehead atoms. The molecule has 0 radical (unpaired) electrons. The van der Waals surface area contributed by atoms with E-state index in [0.29, 0.717) is 18.2 Å². The number of nitrogens with one attached hydrogen (secondary N) is 1. The van der Waals surface area contributed by atoms with Crippen molar-refractivity contribution in [3.63, 3.8) is 0 Å². The fraction of sp³-hybridized carbons (Fsp3) is 0.500. The SMILES string of the molecule is CCCC(C)NCC(O)c1ccc(C#N)cc1. The molecule has 0 heterocycles. The molecule has 92 valence electrons. The maximum absolute atomic E-state index is 9.96. The van der Waals surface area contributed by atoms with Gasteiger partial charge >= 0.3 is 0 Å². The molecular formula is C14H20N2O. The van der Waals surface area contributed by atoms with E-state index in [4.69, 9.17) is 5.26 Å². The molecule has 0 aliphatic carbocycles. The first-order valence-corrected chi connectivity index (χ1v) is 6.09. The van der Waals surface area contributed by atoms with Crippen LogP contribution in [0.3, 0.4) is 0 Å². The average molecular weight is 232 g/mol. The predicted molar refractivity (Wildman–Crippen MR) is 68.5 cm³/mol. The van der Waals surface area contributed by atoms with Crippen molar-refractivity contribution in [1.82, 2.24) is 5.32 Å². The molecule has 0 saturated carbocycles. The van der Waals surface area contributed by atoms with Crippen molar-refractivity contribution in [2.45, 2.75) is 38.8 Å². The van der Waals surface area contributed by atoms with Crippen LogP contribution in [0.15, 0.2) is 24.3 Å². The zero-order valence-corrected chi connectivity index (χ0v) is 10.5. The van der Waals surface area contributed by atoms with Crippen LogP contribution in [0, 0.1) is 11.3 Å². The minimum atomic E-state index is -0.512. The Kier molecular flexibility index (Phi) is 5.68. The van der Waals surface area contributed by atoms with Crippen molar-refractivity contribution in [1.29, 1.82) is 5.26 Å². The van der Waals surface area contributed by atoms with Gasteiger partial charge in [0.1, 0.15) is 0 Å². The minimum Gasteiger partial charge on any atom is -0.387 e. The van der Waals surface area contributed by atoms with E-state index in [2.05, 4.69) is 25.2 Å². The molecule has 17 heavy (non-hydrogen) atoms. The van der Waals surface area contributed by atoms with Gasteiger partial charge in [-0.2, -0.15) is 5.26 Å². The maximum atomic E-state index is 9.96. The predicted octanol–water partition coefficient (Wildman–Crippen LogP) is 2.37. The second-order valence-corrected chi connectivity index (χ2v) is 4.35. The minimum absolute atomic E-state index is 0.424. The van der Waals surface area contributed by atoms with Crippen LogP contribution in [0.2, 0.25) is 0 Å². The Hall–Kier alpha value is -1.37. The van der Waals surface area contributed by atoms with Crippen LogP contribution in [0.5, 0.6) is 0 Å². The Morgan fingerprint density at radius 1 is 1.35 bits per heavy atom. The second kappa shape index (κ2) is 7.05. The highest BCUT2D eigenvalue weighted by Crippen LogP contribution is 2.13. The molecule has 0 spiro atoms. The van der Waals surface area contributed by atoms with E-state index >= 15 is 0 Å². The quantitative estimate of drug-likeness (QED) is 0.791. The Morgan fingerprint density at radius 2 is 2.00 bits per heavy atom. The third-order valence-electron chi connectivity index (χ3n) is 2.81. The van der Waals surface area contributed by atoms with Crippen molar-refractivity contribution in [2.75, 3.05) is 6.54 Å². The average Bonchev–Trinajstić information content (AvgIpc) is 2.36. The monoisotopic (exact) mass is 232 g/mol. The van der Waals surface area contributed by atoms with E-state index in [1.807, 2.05) is 0 Å². The number of rotatable bonds is 6. The van der Waals surface area contributed by atoms with E-state index < -0.39 is 6.10 Å². The first kappa shape index (κ1) is 13.7. The summed E-state index contributed by atoms with van der Waals surface area (Å²) in [5.41, 5.74) is 1.47. The standard InChI is InChI=1S/C14H20N2O/c1-3-4-11(2)16-10-14(17)13-7-5-12(9-15)6-8-13/h5-8,11,14,16-17H,3-4,10H2,1-2H3. The number of aliphatic hydroxyl groups is 1. The smallest absolute Gasteiger partial charge is 0.0991 e. The van der Waals surface area contributed by atoms with Gasteiger partial charge in [0, 0.05) is 12.6 Å². The lowest BCUT2D eigenvalue weighted by molar-refractivity contribution is 0.170. The van der Waals surface area contributed by atoms with Gasteiger partial charge in [0.25, 0.3) is 0 Å². The molecule has 2 atom stereocenters. The van der Waals surface area contributed by atoms with Crippen LogP contribution in [0.25, 0.3) is 0 Å². The molecule has 0 saturated heterocycles. The van der Waals surface area contributed by atoms with E-state index in [9.17, 15) is 5.11 Å². The van der Waals surface area contributed by atoms with Crippen LogP contribution in [-0.2, 0) is 0 Å². The summed E-state index contributed by atoms with van der Waals surface area (Å²) < 4.78 is 0. The highest BCUT2D eigenvalue weighted by molar-refractivity contribution is 5.32. The Balaban J connectivity index is 2.46. The van der Waals surface area contributed by atoms with Gasteiger partial charge in [-0.1, -0.05) is 25.5 Å². The molecule has 0 fully saturated rings. The Morgan fingerprint density at radius 3 is 2.53 bits per heavy atom. The third kappa shape index (κ3) is 4.56. The zero-order chi connectivity index (χ0) is 12.7. The van der Waals surface area contributed by atoms with Crippen LogP contribution in [-0.4, -0.2) is 17.7 Å². The third-order valence-corrected chi connectivity index (χ3v) is 2.81. The number of hydrogen-bond acceptors (Lipinski definition) is 3. The van der Waals surface area contributed by atoms with E-state index in [1.54, 1.807) is 24.3 Å². The van der Waals surface area contributed by atoms with E-state index in [1.165, 1.54) is 0 Å². The molecule has 0 aromatic heterocycles. The molecule has 1 aromatic rings. The fourth-order valence-corrected chi connectivity index (χ4v) is 1.75. The lowest BCUT2D eigenvalue weighted by Gasteiger charge is -2.16. The van der Waals surface area contributed by atoms with Gasteiger partial charge < -0.3 is 10.4 Å². The zero-order valence-electron chi connectivity index (χ0n) is 10.5. The molecule has 0 aliphatic heterocycles. The van der Waals surface area contributed by atoms with Gasteiger partial charge in [0.2, 0.25) is 0 Å². The summed E-state index contributed by atoms with van der Waals surface area (Å²) in [5, 5.41) is 21.9. The summed E-state index contributed by atoms with van der Waals surface area (Å²) in [5.74, 6) is 0. The molecule has 1 rings (SSSR count). The van der Waals surface area contributed by atoms with Gasteiger partial charge in [-0.05, 0) is 31.0 Å². The van der Waals surface area contributed by atoms with Crippen molar-refractivity contribution >= 4 is 0 Å². The highest BCUT2D eigenvalue weighted by Gasteiger charge is 2.08. The number of nitriles is 1. The number of aliphatic hydroxyl groups excluding tert-OH is 1.